The van der Waals surface area contributed by atoms with Gasteiger partial charge >= 0.3 is 11.6 Å². The van der Waals surface area contributed by atoms with E-state index in [-0.39, 0.29) is 12.4 Å². The number of rotatable bonds is 6. The fourth-order valence-corrected chi connectivity index (χ4v) is 4.19. The molecule has 0 spiro atoms. The molecule has 2 heterocycles. The molecule has 31 heavy (non-hydrogen) atoms. The van der Waals surface area contributed by atoms with Gasteiger partial charge in [-0.25, -0.2) is 4.79 Å². The summed E-state index contributed by atoms with van der Waals surface area (Å²) >= 11 is 0. The molecule has 6 heteroatoms. The van der Waals surface area contributed by atoms with E-state index in [0.717, 1.165) is 40.9 Å². The Bertz CT molecular complexity index is 1170. The van der Waals surface area contributed by atoms with Crippen molar-refractivity contribution in [3.63, 3.8) is 0 Å². The molecule has 0 fully saturated rings. The molecule has 0 saturated carbocycles. The van der Waals surface area contributed by atoms with Crippen LogP contribution in [-0.2, 0) is 29.0 Å². The molecule has 6 nitrogen and oxygen atoms in total. The number of fused-ring (bicyclic) bond motifs is 2. The summed E-state index contributed by atoms with van der Waals surface area (Å²) in [6.07, 6.45) is 0.457. The first-order valence-electron chi connectivity index (χ1n) is 10.6. The van der Waals surface area contributed by atoms with Gasteiger partial charge in [-0.05, 0) is 44.4 Å². The Balaban J connectivity index is 1.66. The second-order valence-electron chi connectivity index (χ2n) is 7.91. The zero-order valence-electron chi connectivity index (χ0n) is 18.2. The maximum atomic E-state index is 12.6. The topological polar surface area (TPSA) is 69.0 Å². The maximum absolute atomic E-state index is 12.6. The van der Waals surface area contributed by atoms with E-state index in [2.05, 4.69) is 23.1 Å². The van der Waals surface area contributed by atoms with Crippen LogP contribution in [0.3, 0.4) is 0 Å². The summed E-state index contributed by atoms with van der Waals surface area (Å²) in [6.45, 7) is 7.96. The summed E-state index contributed by atoms with van der Waals surface area (Å²) in [7, 11) is 0. The predicted molar refractivity (Wildman–Crippen MR) is 118 cm³/mol. The number of hydrogen-bond donors (Lipinski definition) is 0. The lowest BCUT2D eigenvalue weighted by Crippen LogP contribution is -2.32. The lowest BCUT2D eigenvalue weighted by Gasteiger charge is -2.30. The van der Waals surface area contributed by atoms with Crippen LogP contribution in [0.2, 0.25) is 0 Å². The second-order valence-corrected chi connectivity index (χ2v) is 7.91. The van der Waals surface area contributed by atoms with Crippen LogP contribution in [0.25, 0.3) is 11.0 Å². The van der Waals surface area contributed by atoms with Gasteiger partial charge in [0.05, 0.1) is 6.61 Å². The van der Waals surface area contributed by atoms with Crippen molar-refractivity contribution in [2.45, 2.75) is 46.7 Å². The molecule has 0 bridgehead atoms. The molecule has 1 aliphatic rings. The average Bonchev–Trinajstić information content (AvgIpc) is 2.75. The van der Waals surface area contributed by atoms with E-state index in [1.54, 1.807) is 6.92 Å². The molecule has 0 amide bonds. The Hall–Kier alpha value is -3.12. The van der Waals surface area contributed by atoms with Crippen LogP contribution in [0.5, 0.6) is 5.75 Å². The molecule has 0 atom stereocenters. The molecule has 1 aliphatic heterocycles. The van der Waals surface area contributed by atoms with Crippen LogP contribution in [0.1, 0.15) is 41.2 Å². The van der Waals surface area contributed by atoms with E-state index in [0.29, 0.717) is 30.9 Å². The monoisotopic (exact) mass is 421 g/mol. The van der Waals surface area contributed by atoms with Gasteiger partial charge in [0.15, 0.2) is 0 Å². The highest BCUT2D eigenvalue weighted by atomic mass is 16.5. The number of esters is 1. The second kappa shape index (κ2) is 8.94. The first-order valence-corrected chi connectivity index (χ1v) is 10.6. The quantitative estimate of drug-likeness (QED) is 0.438. The Morgan fingerprint density at radius 1 is 1.16 bits per heavy atom. The highest BCUT2D eigenvalue weighted by Gasteiger charge is 2.24. The van der Waals surface area contributed by atoms with Crippen molar-refractivity contribution in [3.05, 3.63) is 74.6 Å². The van der Waals surface area contributed by atoms with E-state index in [9.17, 15) is 9.59 Å². The summed E-state index contributed by atoms with van der Waals surface area (Å²) in [6, 6.07) is 12.4. The molecular formula is C25H27NO5. The van der Waals surface area contributed by atoms with Gasteiger partial charge in [-0.1, -0.05) is 30.3 Å². The Labute approximate surface area is 181 Å². The Kier molecular flexibility index (Phi) is 6.09. The van der Waals surface area contributed by atoms with Gasteiger partial charge in [0.1, 0.15) is 18.1 Å². The highest BCUT2D eigenvalue weighted by Crippen LogP contribution is 2.36. The number of hydrogen-bond acceptors (Lipinski definition) is 6. The van der Waals surface area contributed by atoms with E-state index >= 15 is 0 Å². The number of carbonyl (C=O) groups excluding carboxylic acids is 1. The largest absolute Gasteiger partial charge is 0.477 e. The minimum atomic E-state index is -0.404. The molecule has 0 radical (unpaired) electrons. The SMILES string of the molecule is CCOC(=O)CCc1c(C)c2cc3c(c(C)c2oc1=O)OCN(Cc1ccccc1)C3. The van der Waals surface area contributed by atoms with Crippen molar-refractivity contribution in [1.29, 1.82) is 0 Å². The van der Waals surface area contributed by atoms with Crippen LogP contribution < -0.4 is 10.4 Å². The standard InChI is InChI=1S/C25H27NO5/c1-4-29-22(27)11-10-20-16(2)21-12-19-14-26(13-18-8-6-5-7-9-18)15-30-23(19)17(3)24(21)31-25(20)28/h5-9,12H,4,10-11,13-15H2,1-3H3. The maximum Gasteiger partial charge on any atom is 0.339 e. The van der Waals surface area contributed by atoms with Gasteiger partial charge in [0.2, 0.25) is 0 Å². The molecule has 3 aromatic rings. The van der Waals surface area contributed by atoms with Crippen molar-refractivity contribution in [3.8, 4) is 5.75 Å². The number of carbonyl (C=O) groups is 1. The van der Waals surface area contributed by atoms with Crippen LogP contribution in [-0.4, -0.2) is 24.2 Å². The van der Waals surface area contributed by atoms with Crippen molar-refractivity contribution >= 4 is 16.9 Å². The highest BCUT2D eigenvalue weighted by molar-refractivity contribution is 5.87. The minimum absolute atomic E-state index is 0.156. The lowest BCUT2D eigenvalue weighted by atomic mass is 9.97. The van der Waals surface area contributed by atoms with Crippen LogP contribution in [0, 0.1) is 13.8 Å². The third-order valence-corrected chi connectivity index (χ3v) is 5.75. The minimum Gasteiger partial charge on any atom is -0.477 e. The van der Waals surface area contributed by atoms with Crippen molar-refractivity contribution in [2.75, 3.05) is 13.3 Å². The first kappa shape index (κ1) is 21.1. The van der Waals surface area contributed by atoms with Gasteiger partial charge in [0, 0.05) is 41.6 Å². The predicted octanol–water partition coefficient (Wildman–Crippen LogP) is 4.26. The van der Waals surface area contributed by atoms with Gasteiger partial charge < -0.3 is 13.9 Å². The summed E-state index contributed by atoms with van der Waals surface area (Å²) in [4.78, 5) is 26.6. The number of aryl methyl sites for hydroxylation is 2. The number of benzene rings is 2. The molecule has 0 saturated heterocycles. The summed E-state index contributed by atoms with van der Waals surface area (Å²) < 4.78 is 16.7. The molecular weight excluding hydrogens is 394 g/mol. The summed E-state index contributed by atoms with van der Waals surface area (Å²) in [5.74, 6) is 0.478. The average molecular weight is 421 g/mol. The Morgan fingerprint density at radius 3 is 2.68 bits per heavy atom. The van der Waals surface area contributed by atoms with Gasteiger partial charge in [0.25, 0.3) is 0 Å². The normalized spacial score (nSPS) is 13.6. The fourth-order valence-electron chi connectivity index (χ4n) is 4.19. The molecule has 0 aliphatic carbocycles. The van der Waals surface area contributed by atoms with E-state index in [1.807, 2.05) is 32.0 Å². The first-order chi connectivity index (χ1) is 15.0. The van der Waals surface area contributed by atoms with Crippen molar-refractivity contribution < 1.29 is 18.7 Å². The van der Waals surface area contributed by atoms with Crippen LogP contribution >= 0.6 is 0 Å². The van der Waals surface area contributed by atoms with E-state index in [4.69, 9.17) is 13.9 Å². The zero-order valence-corrected chi connectivity index (χ0v) is 18.2. The fraction of sp³-hybridized carbons (Fsp3) is 0.360. The van der Waals surface area contributed by atoms with Crippen molar-refractivity contribution in [1.82, 2.24) is 4.90 Å². The summed E-state index contributed by atoms with van der Waals surface area (Å²) in [5.41, 5.74) is 4.66. The van der Waals surface area contributed by atoms with Gasteiger partial charge in [-0.2, -0.15) is 0 Å². The summed E-state index contributed by atoms with van der Waals surface area (Å²) in [5, 5.41) is 0.889. The third-order valence-electron chi connectivity index (χ3n) is 5.75. The molecule has 2 aromatic carbocycles. The molecule has 1 aromatic heterocycles. The van der Waals surface area contributed by atoms with Crippen LogP contribution in [0.4, 0.5) is 0 Å². The smallest absolute Gasteiger partial charge is 0.339 e. The number of ether oxygens (including phenoxy) is 2. The van der Waals surface area contributed by atoms with Crippen LogP contribution in [0.15, 0.2) is 45.6 Å². The molecule has 162 valence electrons. The Morgan fingerprint density at radius 2 is 1.94 bits per heavy atom. The zero-order chi connectivity index (χ0) is 22.0. The van der Waals surface area contributed by atoms with Gasteiger partial charge in [-0.3, -0.25) is 9.69 Å². The van der Waals surface area contributed by atoms with Gasteiger partial charge in [-0.15, -0.1) is 0 Å². The molecule has 4 rings (SSSR count). The van der Waals surface area contributed by atoms with E-state index < -0.39 is 5.63 Å². The lowest BCUT2D eigenvalue weighted by molar-refractivity contribution is -0.143. The molecule has 0 unspecified atom stereocenters. The van der Waals surface area contributed by atoms with E-state index in [1.165, 1.54) is 5.56 Å². The number of nitrogens with zero attached hydrogens (tertiary/aromatic N) is 1. The van der Waals surface area contributed by atoms with Crippen molar-refractivity contribution in [2.24, 2.45) is 0 Å². The third kappa shape index (κ3) is 4.35. The molecule has 0 N–H and O–H groups in total.